The summed E-state index contributed by atoms with van der Waals surface area (Å²) in [6, 6.07) is 16.9. The molecule has 1 unspecified atom stereocenters. The summed E-state index contributed by atoms with van der Waals surface area (Å²) < 4.78 is 0. The second-order valence-corrected chi connectivity index (χ2v) is 6.45. The highest BCUT2D eigenvalue weighted by Gasteiger charge is 2.10. The van der Waals surface area contributed by atoms with Gasteiger partial charge in [0.05, 0.1) is 5.02 Å². The predicted molar refractivity (Wildman–Crippen MR) is 92.8 cm³/mol. The summed E-state index contributed by atoms with van der Waals surface area (Å²) in [5.74, 6) is 6.57. The van der Waals surface area contributed by atoms with Crippen molar-refractivity contribution in [2.45, 2.75) is 30.7 Å². The summed E-state index contributed by atoms with van der Waals surface area (Å²) in [6.45, 7) is 2.17. The molecule has 0 saturated heterocycles. The van der Waals surface area contributed by atoms with Crippen molar-refractivity contribution in [2.24, 2.45) is 5.84 Å². The zero-order valence-electron chi connectivity index (χ0n) is 12.2. The highest BCUT2D eigenvalue weighted by atomic mass is 35.5. The third kappa shape index (κ3) is 5.04. The summed E-state index contributed by atoms with van der Waals surface area (Å²) in [5, 5.41) is 0.797. The molecule has 0 aromatic heterocycles. The molecule has 112 valence electrons. The van der Waals surface area contributed by atoms with Crippen molar-refractivity contribution in [1.82, 2.24) is 5.43 Å². The van der Waals surface area contributed by atoms with Crippen molar-refractivity contribution in [3.05, 3.63) is 64.7 Å². The average molecular weight is 321 g/mol. The lowest BCUT2D eigenvalue weighted by molar-refractivity contribution is 0.575. The number of nitrogens with two attached hydrogens (primary N) is 1. The van der Waals surface area contributed by atoms with Crippen LogP contribution in [-0.4, -0.2) is 11.8 Å². The van der Waals surface area contributed by atoms with Crippen LogP contribution in [0.1, 0.15) is 18.1 Å². The van der Waals surface area contributed by atoms with Crippen molar-refractivity contribution >= 4 is 23.4 Å². The largest absolute Gasteiger partial charge is 0.271 e. The van der Waals surface area contributed by atoms with E-state index in [-0.39, 0.29) is 6.04 Å². The van der Waals surface area contributed by atoms with Crippen LogP contribution in [0.4, 0.5) is 0 Å². The van der Waals surface area contributed by atoms with E-state index in [9.17, 15) is 0 Å². The van der Waals surface area contributed by atoms with Gasteiger partial charge in [-0.15, -0.1) is 11.8 Å². The first-order valence-electron chi connectivity index (χ1n) is 7.14. The molecule has 0 amide bonds. The Labute approximate surface area is 136 Å². The van der Waals surface area contributed by atoms with Crippen LogP contribution in [-0.2, 0) is 12.8 Å². The monoisotopic (exact) mass is 320 g/mol. The molecular formula is C17H21ClN2S. The summed E-state index contributed by atoms with van der Waals surface area (Å²) in [5.41, 5.74) is 5.57. The Hall–Kier alpha value is -1.00. The molecule has 0 bridgehead atoms. The van der Waals surface area contributed by atoms with E-state index in [1.54, 1.807) is 11.8 Å². The van der Waals surface area contributed by atoms with Crippen molar-refractivity contribution < 1.29 is 0 Å². The second kappa shape index (κ2) is 8.44. The van der Waals surface area contributed by atoms with Crippen LogP contribution in [0.15, 0.2) is 53.4 Å². The number of hydrogen-bond donors (Lipinski definition) is 2. The second-order valence-electron chi connectivity index (χ2n) is 4.98. The molecule has 0 aliphatic rings. The smallest absolute Gasteiger partial charge is 0.0541 e. The minimum Gasteiger partial charge on any atom is -0.271 e. The predicted octanol–water partition coefficient (Wildman–Crippen LogP) is 4.07. The first-order chi connectivity index (χ1) is 10.2. The molecule has 4 heteroatoms. The number of thioether (sulfide) groups is 1. The lowest BCUT2D eigenvalue weighted by Gasteiger charge is -2.16. The van der Waals surface area contributed by atoms with Gasteiger partial charge < -0.3 is 0 Å². The molecule has 2 aromatic rings. The van der Waals surface area contributed by atoms with Crippen molar-refractivity contribution in [1.29, 1.82) is 0 Å². The van der Waals surface area contributed by atoms with Gasteiger partial charge in [-0.1, -0.05) is 54.9 Å². The maximum Gasteiger partial charge on any atom is 0.0541 e. The number of aryl methyl sites for hydroxylation is 1. The number of nitrogens with one attached hydrogen (secondary N) is 1. The minimum atomic E-state index is 0.221. The lowest BCUT2D eigenvalue weighted by Crippen LogP contribution is -2.38. The highest BCUT2D eigenvalue weighted by Crippen LogP contribution is 2.27. The molecule has 0 fully saturated rings. The zero-order chi connectivity index (χ0) is 15.1. The third-order valence-corrected chi connectivity index (χ3v) is 5.10. The van der Waals surface area contributed by atoms with Crippen LogP contribution in [0.25, 0.3) is 0 Å². The summed E-state index contributed by atoms with van der Waals surface area (Å²) in [7, 11) is 0. The van der Waals surface area contributed by atoms with Gasteiger partial charge >= 0.3 is 0 Å². The standard InChI is InChI=1S/C17H21ClN2S/c1-2-13-7-9-14(10-8-13)11-15(20-19)12-21-17-6-4-3-5-16(17)18/h3-10,15,20H,2,11-12,19H2,1H3. The lowest BCUT2D eigenvalue weighted by atomic mass is 10.0. The van der Waals surface area contributed by atoms with Gasteiger partial charge in [-0.25, -0.2) is 0 Å². The molecule has 3 N–H and O–H groups in total. The van der Waals surface area contributed by atoms with Crippen LogP contribution < -0.4 is 11.3 Å². The van der Waals surface area contributed by atoms with E-state index >= 15 is 0 Å². The molecule has 2 rings (SSSR count). The highest BCUT2D eigenvalue weighted by molar-refractivity contribution is 7.99. The summed E-state index contributed by atoms with van der Waals surface area (Å²) in [6.07, 6.45) is 1.99. The number of benzene rings is 2. The molecule has 0 radical (unpaired) electrons. The third-order valence-electron chi connectivity index (χ3n) is 3.43. The first-order valence-corrected chi connectivity index (χ1v) is 8.50. The van der Waals surface area contributed by atoms with Crippen LogP contribution >= 0.6 is 23.4 Å². The minimum absolute atomic E-state index is 0.221. The van der Waals surface area contributed by atoms with Gasteiger partial charge in [0.15, 0.2) is 0 Å². The number of halogens is 1. The average Bonchev–Trinajstić information content (AvgIpc) is 2.53. The SMILES string of the molecule is CCc1ccc(CC(CSc2ccccc2Cl)NN)cc1. The topological polar surface area (TPSA) is 38.0 Å². The Bertz CT molecular complexity index is 557. The van der Waals surface area contributed by atoms with Gasteiger partial charge in [-0.05, 0) is 36.1 Å². The van der Waals surface area contributed by atoms with Crippen LogP contribution in [0.5, 0.6) is 0 Å². The van der Waals surface area contributed by atoms with Crippen molar-refractivity contribution in [3.8, 4) is 0 Å². The fraction of sp³-hybridized carbons (Fsp3) is 0.294. The van der Waals surface area contributed by atoms with E-state index in [1.165, 1.54) is 11.1 Å². The van der Waals surface area contributed by atoms with Gasteiger partial charge in [-0.3, -0.25) is 11.3 Å². The van der Waals surface area contributed by atoms with Crippen molar-refractivity contribution in [2.75, 3.05) is 5.75 Å². The van der Waals surface area contributed by atoms with E-state index < -0.39 is 0 Å². The molecule has 0 saturated carbocycles. The quantitative estimate of drug-likeness (QED) is 0.459. The number of rotatable bonds is 7. The van der Waals surface area contributed by atoms with Crippen molar-refractivity contribution in [3.63, 3.8) is 0 Å². The van der Waals surface area contributed by atoms with Crippen LogP contribution in [0.3, 0.4) is 0 Å². The fourth-order valence-corrected chi connectivity index (χ4v) is 3.39. The Morgan fingerprint density at radius 1 is 1.10 bits per heavy atom. The Morgan fingerprint density at radius 2 is 1.76 bits per heavy atom. The first kappa shape index (κ1) is 16.4. The van der Waals surface area contributed by atoms with E-state index in [2.05, 4.69) is 36.6 Å². The fourth-order valence-electron chi connectivity index (χ4n) is 2.11. The van der Waals surface area contributed by atoms with Crippen LogP contribution in [0, 0.1) is 0 Å². The number of hydrazine groups is 1. The van der Waals surface area contributed by atoms with E-state index in [0.29, 0.717) is 0 Å². The zero-order valence-corrected chi connectivity index (χ0v) is 13.8. The molecule has 0 heterocycles. The molecule has 0 aliphatic carbocycles. The van der Waals surface area contributed by atoms with Gasteiger partial charge in [-0.2, -0.15) is 0 Å². The molecule has 1 atom stereocenters. The Morgan fingerprint density at radius 3 is 2.38 bits per heavy atom. The van der Waals surface area contributed by atoms with Crippen LogP contribution in [0.2, 0.25) is 5.02 Å². The van der Waals surface area contributed by atoms with Gasteiger partial charge in [0, 0.05) is 16.7 Å². The molecule has 0 spiro atoms. The van der Waals surface area contributed by atoms with Gasteiger partial charge in [0.25, 0.3) is 0 Å². The molecule has 21 heavy (non-hydrogen) atoms. The molecule has 0 aliphatic heterocycles. The molecule has 2 nitrogen and oxygen atoms in total. The Balaban J connectivity index is 1.92. The van der Waals surface area contributed by atoms with E-state index in [1.807, 2.05) is 24.3 Å². The normalized spacial score (nSPS) is 12.3. The summed E-state index contributed by atoms with van der Waals surface area (Å²) >= 11 is 7.90. The van der Waals surface area contributed by atoms with Gasteiger partial charge in [0.2, 0.25) is 0 Å². The Kier molecular flexibility index (Phi) is 6.58. The van der Waals surface area contributed by atoms with E-state index in [0.717, 1.165) is 28.5 Å². The molecule has 2 aromatic carbocycles. The maximum atomic E-state index is 6.17. The summed E-state index contributed by atoms with van der Waals surface area (Å²) in [4.78, 5) is 1.10. The number of hydrogen-bond acceptors (Lipinski definition) is 3. The van der Waals surface area contributed by atoms with Gasteiger partial charge in [0.1, 0.15) is 0 Å². The maximum absolute atomic E-state index is 6.17. The van der Waals surface area contributed by atoms with E-state index in [4.69, 9.17) is 17.4 Å². The molecular weight excluding hydrogens is 300 g/mol.